The van der Waals surface area contributed by atoms with E-state index in [-0.39, 0.29) is 11.7 Å². The van der Waals surface area contributed by atoms with Gasteiger partial charge in [0.05, 0.1) is 11.2 Å². The molecule has 0 bridgehead atoms. The summed E-state index contributed by atoms with van der Waals surface area (Å²) in [7, 11) is 0. The zero-order valence-corrected chi connectivity index (χ0v) is 15.7. The predicted octanol–water partition coefficient (Wildman–Crippen LogP) is 2.69. The molecule has 0 saturated heterocycles. The van der Waals surface area contributed by atoms with Crippen LogP contribution in [0.1, 0.15) is 33.5 Å². The van der Waals surface area contributed by atoms with Crippen LogP contribution in [0.4, 0.5) is 5.13 Å². The highest BCUT2D eigenvalue weighted by atomic mass is 32.2. The second kappa shape index (κ2) is 7.79. The molecule has 0 spiro atoms. The Balaban J connectivity index is 1.99. The number of amides is 1. The summed E-state index contributed by atoms with van der Waals surface area (Å²) in [5.41, 5.74) is -1.15. The van der Waals surface area contributed by atoms with Crippen molar-refractivity contribution >= 4 is 40.1 Å². The Labute approximate surface area is 152 Å². The van der Waals surface area contributed by atoms with Gasteiger partial charge < -0.3 is 14.5 Å². The lowest BCUT2D eigenvalue weighted by Crippen LogP contribution is -2.27. The summed E-state index contributed by atoms with van der Waals surface area (Å²) < 4.78 is 11.0. The zero-order valence-electron chi connectivity index (χ0n) is 14.1. The molecule has 2 aromatic heterocycles. The van der Waals surface area contributed by atoms with Crippen LogP contribution in [-0.2, 0) is 15.3 Å². The van der Waals surface area contributed by atoms with Crippen LogP contribution in [0.15, 0.2) is 25.9 Å². The molecule has 0 radical (unpaired) electrons. The summed E-state index contributed by atoms with van der Waals surface area (Å²) in [5.74, 6) is -0.128. The lowest BCUT2D eigenvalue weighted by atomic mass is 9.97. The Morgan fingerprint density at radius 3 is 2.68 bits per heavy atom. The van der Waals surface area contributed by atoms with Gasteiger partial charge in [-0.15, -0.1) is 10.2 Å². The largest absolute Gasteiger partial charge is 0.464 e. The van der Waals surface area contributed by atoms with Crippen molar-refractivity contribution in [3.63, 3.8) is 0 Å². The molecule has 25 heavy (non-hydrogen) atoms. The Kier molecular flexibility index (Phi) is 5.96. The number of ether oxygens (including phenoxy) is 1. The fourth-order valence-corrected chi connectivity index (χ4v) is 3.13. The lowest BCUT2D eigenvalue weighted by molar-refractivity contribution is -0.143. The molecular weight excluding hydrogens is 366 g/mol. The average Bonchev–Trinajstić information content (AvgIpc) is 2.93. The molecule has 2 aromatic rings. The average molecular weight is 383 g/mol. The van der Waals surface area contributed by atoms with E-state index in [1.54, 1.807) is 20.8 Å². The molecule has 0 fully saturated rings. The number of carbonyl (C=O) groups excluding carboxylic acids is 2. The molecule has 0 aliphatic rings. The fourth-order valence-electron chi connectivity index (χ4n) is 1.44. The first-order valence-corrected chi connectivity index (χ1v) is 9.03. The first kappa shape index (κ1) is 19.1. The summed E-state index contributed by atoms with van der Waals surface area (Å²) in [6.07, 6.45) is 1.13. The summed E-state index contributed by atoms with van der Waals surface area (Å²) >= 11 is 2.53. The summed E-state index contributed by atoms with van der Waals surface area (Å²) in [5, 5.41) is 10.7. The summed E-state index contributed by atoms with van der Waals surface area (Å²) in [6, 6.07) is 1.27. The van der Waals surface area contributed by atoms with Gasteiger partial charge in [0.2, 0.25) is 22.2 Å². The van der Waals surface area contributed by atoms with Crippen molar-refractivity contribution in [2.24, 2.45) is 5.41 Å². The second-order valence-electron chi connectivity index (χ2n) is 6.06. The van der Waals surface area contributed by atoms with Crippen molar-refractivity contribution in [3.8, 4) is 5.75 Å². The minimum absolute atomic E-state index is 0.141. The number of anilines is 1. The Bertz CT molecular complexity index is 838. The standard InChI is InChI=1S/C15H17N3O5S2/c1-8(19)16-13-17-18-14(25-13)24-7-9-5-10(20)11(6-22-9)23-12(21)15(2,3)4/h5-6H,7H2,1-4H3,(H,16,17,19). The van der Waals surface area contributed by atoms with Gasteiger partial charge in [0.15, 0.2) is 4.34 Å². The molecule has 0 aromatic carbocycles. The van der Waals surface area contributed by atoms with Gasteiger partial charge in [-0.2, -0.15) is 0 Å². The van der Waals surface area contributed by atoms with E-state index in [1.165, 1.54) is 36.1 Å². The molecule has 134 valence electrons. The number of hydrogen-bond donors (Lipinski definition) is 1. The van der Waals surface area contributed by atoms with E-state index < -0.39 is 16.8 Å². The minimum atomic E-state index is -0.718. The Morgan fingerprint density at radius 1 is 1.36 bits per heavy atom. The van der Waals surface area contributed by atoms with Gasteiger partial charge >= 0.3 is 5.97 Å². The molecule has 0 atom stereocenters. The number of thioether (sulfide) groups is 1. The van der Waals surface area contributed by atoms with Crippen molar-refractivity contribution in [2.75, 3.05) is 5.32 Å². The Hall–Kier alpha value is -2.20. The summed E-state index contributed by atoms with van der Waals surface area (Å²) in [4.78, 5) is 34.8. The number of aromatic nitrogens is 2. The van der Waals surface area contributed by atoms with Crippen LogP contribution in [-0.4, -0.2) is 22.1 Å². The van der Waals surface area contributed by atoms with Crippen LogP contribution in [0.3, 0.4) is 0 Å². The SMILES string of the molecule is CC(=O)Nc1nnc(SCc2cc(=O)c(OC(=O)C(C)(C)C)co2)s1. The van der Waals surface area contributed by atoms with Crippen molar-refractivity contribution in [1.29, 1.82) is 0 Å². The highest BCUT2D eigenvalue weighted by molar-refractivity contribution is 8.00. The zero-order chi connectivity index (χ0) is 18.6. The molecule has 0 aliphatic heterocycles. The van der Waals surface area contributed by atoms with Crippen LogP contribution in [0.2, 0.25) is 0 Å². The van der Waals surface area contributed by atoms with Gasteiger partial charge in [-0.3, -0.25) is 14.4 Å². The molecule has 1 amide bonds. The van der Waals surface area contributed by atoms with Crippen molar-refractivity contribution < 1.29 is 18.7 Å². The molecule has 0 unspecified atom stereocenters. The maximum Gasteiger partial charge on any atom is 0.316 e. The van der Waals surface area contributed by atoms with Gasteiger partial charge in [0.25, 0.3) is 0 Å². The van der Waals surface area contributed by atoms with Crippen LogP contribution in [0.25, 0.3) is 0 Å². The third-order valence-electron chi connectivity index (χ3n) is 2.69. The van der Waals surface area contributed by atoms with Crippen LogP contribution in [0, 0.1) is 5.41 Å². The molecule has 2 rings (SSSR count). The van der Waals surface area contributed by atoms with E-state index in [1.807, 2.05) is 0 Å². The number of nitrogens with one attached hydrogen (secondary N) is 1. The molecule has 2 heterocycles. The number of esters is 1. The molecular formula is C15H17N3O5S2. The maximum absolute atomic E-state index is 12.0. The van der Waals surface area contributed by atoms with Crippen LogP contribution < -0.4 is 15.5 Å². The maximum atomic E-state index is 12.0. The van der Waals surface area contributed by atoms with Crippen LogP contribution in [0.5, 0.6) is 5.75 Å². The van der Waals surface area contributed by atoms with E-state index in [0.717, 1.165) is 6.26 Å². The number of hydrogen-bond acceptors (Lipinski definition) is 9. The quantitative estimate of drug-likeness (QED) is 0.476. The molecule has 0 saturated carbocycles. The van der Waals surface area contributed by atoms with E-state index in [2.05, 4.69) is 15.5 Å². The van der Waals surface area contributed by atoms with Crippen molar-refractivity contribution in [3.05, 3.63) is 28.3 Å². The van der Waals surface area contributed by atoms with E-state index in [9.17, 15) is 14.4 Å². The van der Waals surface area contributed by atoms with Crippen LogP contribution >= 0.6 is 23.1 Å². The third kappa shape index (κ3) is 5.68. The minimum Gasteiger partial charge on any atom is -0.464 e. The van der Waals surface area contributed by atoms with Crippen molar-refractivity contribution in [2.45, 2.75) is 37.8 Å². The third-order valence-corrected chi connectivity index (χ3v) is 4.69. The van der Waals surface area contributed by atoms with Gasteiger partial charge in [-0.25, -0.2) is 0 Å². The smallest absolute Gasteiger partial charge is 0.316 e. The van der Waals surface area contributed by atoms with Gasteiger partial charge in [0.1, 0.15) is 12.0 Å². The fraction of sp³-hybridized carbons (Fsp3) is 0.400. The Morgan fingerprint density at radius 2 is 2.08 bits per heavy atom. The molecule has 10 heteroatoms. The van der Waals surface area contributed by atoms with E-state index >= 15 is 0 Å². The summed E-state index contributed by atoms with van der Waals surface area (Å²) in [6.45, 7) is 6.47. The number of rotatable bonds is 5. The van der Waals surface area contributed by atoms with Crippen molar-refractivity contribution in [1.82, 2.24) is 10.2 Å². The van der Waals surface area contributed by atoms with E-state index in [0.29, 0.717) is 21.0 Å². The molecule has 1 N–H and O–H groups in total. The normalized spacial score (nSPS) is 11.2. The monoisotopic (exact) mass is 383 g/mol. The number of carbonyl (C=O) groups is 2. The first-order chi connectivity index (χ1) is 11.6. The van der Waals surface area contributed by atoms with Gasteiger partial charge in [0, 0.05) is 13.0 Å². The highest BCUT2D eigenvalue weighted by Gasteiger charge is 2.25. The van der Waals surface area contributed by atoms with Gasteiger partial charge in [-0.05, 0) is 20.8 Å². The topological polar surface area (TPSA) is 111 Å². The highest BCUT2D eigenvalue weighted by Crippen LogP contribution is 2.28. The first-order valence-electron chi connectivity index (χ1n) is 7.23. The predicted molar refractivity (Wildman–Crippen MR) is 93.8 cm³/mol. The van der Waals surface area contributed by atoms with E-state index in [4.69, 9.17) is 9.15 Å². The molecule has 0 aliphatic carbocycles. The molecule has 8 nitrogen and oxygen atoms in total. The van der Waals surface area contributed by atoms with Gasteiger partial charge in [-0.1, -0.05) is 23.1 Å². The number of nitrogens with zero attached hydrogens (tertiary/aromatic N) is 2. The second-order valence-corrected chi connectivity index (χ2v) is 8.26. The lowest BCUT2D eigenvalue weighted by Gasteiger charge is -2.15.